The van der Waals surface area contributed by atoms with Crippen molar-refractivity contribution in [3.8, 4) is 5.69 Å². The lowest BCUT2D eigenvalue weighted by atomic mass is 10.0. The van der Waals surface area contributed by atoms with Crippen LogP contribution in [0.25, 0.3) is 16.6 Å². The smallest absolute Gasteiger partial charge is 0.314 e. The Labute approximate surface area is 255 Å². The number of para-hydroxylation sites is 1. The molecule has 2 amide bonds. The van der Waals surface area contributed by atoms with Gasteiger partial charge in [-0.05, 0) is 78.4 Å². The highest BCUT2D eigenvalue weighted by atomic mass is 79.9. The van der Waals surface area contributed by atoms with Crippen molar-refractivity contribution in [2.24, 2.45) is 0 Å². The lowest BCUT2D eigenvalue weighted by molar-refractivity contribution is 0.182. The van der Waals surface area contributed by atoms with Gasteiger partial charge in [0.25, 0.3) is 5.56 Å². The third-order valence-corrected chi connectivity index (χ3v) is 8.05. The Balaban J connectivity index is 1.60. The summed E-state index contributed by atoms with van der Waals surface area (Å²) in [5.41, 5.74) is 4.20. The second-order valence-electron chi connectivity index (χ2n) is 10.7. The number of aromatic nitrogens is 2. The zero-order valence-electron chi connectivity index (χ0n) is 24.1. The minimum absolute atomic E-state index is 0.163. The standard InChI is InChI=1S/C35H35BrN4O2/c1-4-32(33-38-31-13-9-8-12-30(31)34(41)40(33)29-20-16-27(36)17-21-29)39(23-22-25-10-6-5-7-11-25)35(42)37-28-18-14-26(15-19-28)24(2)3/h5-21,24,32H,4,22-23H2,1-3H3,(H,37,42). The first-order chi connectivity index (χ1) is 20.4. The van der Waals surface area contributed by atoms with E-state index in [4.69, 9.17) is 4.98 Å². The quantitative estimate of drug-likeness (QED) is 0.179. The number of hydrogen-bond acceptors (Lipinski definition) is 3. The lowest BCUT2D eigenvalue weighted by Gasteiger charge is -2.32. The van der Waals surface area contributed by atoms with Gasteiger partial charge in [0.1, 0.15) is 5.82 Å². The van der Waals surface area contributed by atoms with Gasteiger partial charge in [0.15, 0.2) is 0 Å². The van der Waals surface area contributed by atoms with Gasteiger partial charge in [-0.25, -0.2) is 9.78 Å². The first kappa shape index (κ1) is 29.3. The molecular weight excluding hydrogens is 588 g/mol. The molecule has 6 nitrogen and oxygen atoms in total. The molecule has 1 atom stereocenters. The molecule has 0 spiro atoms. The lowest BCUT2D eigenvalue weighted by Crippen LogP contribution is -2.42. The van der Waals surface area contributed by atoms with E-state index in [-0.39, 0.29) is 11.6 Å². The molecule has 0 fully saturated rings. The van der Waals surface area contributed by atoms with Crippen molar-refractivity contribution in [1.82, 2.24) is 14.5 Å². The number of urea groups is 1. The van der Waals surface area contributed by atoms with Gasteiger partial charge in [-0.2, -0.15) is 0 Å². The summed E-state index contributed by atoms with van der Waals surface area (Å²) >= 11 is 3.50. The van der Waals surface area contributed by atoms with Crippen LogP contribution in [-0.4, -0.2) is 27.0 Å². The van der Waals surface area contributed by atoms with Crippen molar-refractivity contribution in [3.63, 3.8) is 0 Å². The average molecular weight is 624 g/mol. The molecule has 0 saturated carbocycles. The highest BCUT2D eigenvalue weighted by Gasteiger charge is 2.29. The molecule has 1 heterocycles. The van der Waals surface area contributed by atoms with Crippen molar-refractivity contribution >= 4 is 38.6 Å². The van der Waals surface area contributed by atoms with Crippen molar-refractivity contribution in [2.45, 2.75) is 45.6 Å². The van der Waals surface area contributed by atoms with Crippen LogP contribution in [0.3, 0.4) is 0 Å². The maximum Gasteiger partial charge on any atom is 0.322 e. The van der Waals surface area contributed by atoms with Crippen LogP contribution >= 0.6 is 15.9 Å². The van der Waals surface area contributed by atoms with Crippen molar-refractivity contribution < 1.29 is 4.79 Å². The van der Waals surface area contributed by atoms with E-state index in [1.165, 1.54) is 5.56 Å². The van der Waals surface area contributed by atoms with E-state index in [9.17, 15) is 9.59 Å². The Bertz CT molecular complexity index is 1720. The molecule has 0 saturated heterocycles. The summed E-state index contributed by atoms with van der Waals surface area (Å²) < 4.78 is 2.57. The first-order valence-corrected chi connectivity index (χ1v) is 15.1. The van der Waals surface area contributed by atoms with E-state index >= 15 is 0 Å². The highest BCUT2D eigenvalue weighted by molar-refractivity contribution is 9.10. The molecule has 4 aromatic carbocycles. The zero-order valence-corrected chi connectivity index (χ0v) is 25.7. The number of halogens is 1. The minimum Gasteiger partial charge on any atom is -0.314 e. The molecule has 7 heteroatoms. The van der Waals surface area contributed by atoms with Crippen LogP contribution in [0, 0.1) is 0 Å². The molecule has 214 valence electrons. The van der Waals surface area contributed by atoms with Crippen molar-refractivity contribution in [2.75, 3.05) is 11.9 Å². The number of carbonyl (C=O) groups excluding carboxylic acids is 1. The third-order valence-electron chi connectivity index (χ3n) is 7.52. The average Bonchev–Trinajstić information content (AvgIpc) is 3.00. The molecule has 0 bridgehead atoms. The summed E-state index contributed by atoms with van der Waals surface area (Å²) in [6.07, 6.45) is 1.23. The number of nitrogens with one attached hydrogen (secondary N) is 1. The predicted molar refractivity (Wildman–Crippen MR) is 174 cm³/mol. The molecule has 0 aliphatic heterocycles. The summed E-state index contributed by atoms with van der Waals surface area (Å²) in [5, 5.41) is 3.65. The van der Waals surface area contributed by atoms with Gasteiger partial charge in [-0.3, -0.25) is 9.36 Å². The van der Waals surface area contributed by atoms with E-state index < -0.39 is 6.04 Å². The van der Waals surface area contributed by atoms with E-state index in [0.717, 1.165) is 15.7 Å². The Hall–Kier alpha value is -4.23. The molecule has 1 unspecified atom stereocenters. The van der Waals surface area contributed by atoms with Crippen molar-refractivity contribution in [3.05, 3.63) is 135 Å². The number of carbonyl (C=O) groups is 1. The summed E-state index contributed by atoms with van der Waals surface area (Å²) in [6.45, 7) is 6.76. The number of amides is 2. The van der Waals surface area contributed by atoms with Crippen LogP contribution in [0.4, 0.5) is 10.5 Å². The number of nitrogens with zero attached hydrogens (tertiary/aromatic N) is 3. The fraction of sp³-hybridized carbons (Fsp3) is 0.229. The molecule has 5 aromatic rings. The second kappa shape index (κ2) is 13.2. The van der Waals surface area contributed by atoms with E-state index in [1.807, 2.05) is 96.8 Å². The summed E-state index contributed by atoms with van der Waals surface area (Å²) in [6, 6.07) is 32.3. The van der Waals surface area contributed by atoms with Crippen LogP contribution < -0.4 is 10.9 Å². The molecule has 1 aromatic heterocycles. The number of fused-ring (bicyclic) bond motifs is 1. The zero-order chi connectivity index (χ0) is 29.6. The molecular formula is C35H35BrN4O2. The summed E-state index contributed by atoms with van der Waals surface area (Å²) in [7, 11) is 0. The molecule has 5 rings (SSSR count). The number of benzene rings is 4. The monoisotopic (exact) mass is 622 g/mol. The van der Waals surface area contributed by atoms with Gasteiger partial charge in [0.05, 0.1) is 22.6 Å². The minimum atomic E-state index is -0.468. The molecule has 0 aliphatic carbocycles. The maximum absolute atomic E-state index is 14.1. The largest absolute Gasteiger partial charge is 0.322 e. The number of hydrogen-bond donors (Lipinski definition) is 1. The van der Waals surface area contributed by atoms with Crippen LogP contribution in [0.5, 0.6) is 0 Å². The highest BCUT2D eigenvalue weighted by Crippen LogP contribution is 2.28. The molecule has 0 aliphatic rings. The second-order valence-corrected chi connectivity index (χ2v) is 11.6. The molecule has 0 radical (unpaired) electrons. The Morgan fingerprint density at radius 2 is 1.57 bits per heavy atom. The number of anilines is 1. The van der Waals surface area contributed by atoms with Gasteiger partial charge < -0.3 is 10.2 Å². The first-order valence-electron chi connectivity index (χ1n) is 14.3. The van der Waals surface area contributed by atoms with Crippen molar-refractivity contribution in [1.29, 1.82) is 0 Å². The van der Waals surface area contributed by atoms with Crippen LogP contribution in [0.2, 0.25) is 0 Å². The van der Waals surface area contributed by atoms with Crippen LogP contribution in [-0.2, 0) is 6.42 Å². The van der Waals surface area contributed by atoms with Gasteiger partial charge >= 0.3 is 6.03 Å². The normalized spacial score (nSPS) is 11.9. The Kier molecular flexibility index (Phi) is 9.18. The fourth-order valence-corrected chi connectivity index (χ4v) is 5.46. The number of rotatable bonds is 9. The molecule has 42 heavy (non-hydrogen) atoms. The van der Waals surface area contributed by atoms with Gasteiger partial charge in [0.2, 0.25) is 0 Å². The molecule has 1 N–H and O–H groups in total. The van der Waals surface area contributed by atoms with E-state index in [2.05, 4.69) is 47.2 Å². The van der Waals surface area contributed by atoms with Gasteiger partial charge in [-0.15, -0.1) is 0 Å². The Morgan fingerprint density at radius 3 is 2.24 bits per heavy atom. The SMILES string of the molecule is CCC(c1nc2ccccc2c(=O)n1-c1ccc(Br)cc1)N(CCc1ccccc1)C(=O)Nc1ccc(C(C)C)cc1. The van der Waals surface area contributed by atoms with E-state index in [0.29, 0.717) is 47.7 Å². The van der Waals surface area contributed by atoms with Crippen LogP contribution in [0.1, 0.15) is 56.1 Å². The van der Waals surface area contributed by atoms with Gasteiger partial charge in [-0.1, -0.05) is 91.3 Å². The summed E-state index contributed by atoms with van der Waals surface area (Å²) in [4.78, 5) is 34.9. The van der Waals surface area contributed by atoms with Gasteiger partial charge in [0, 0.05) is 16.7 Å². The van der Waals surface area contributed by atoms with E-state index in [1.54, 1.807) is 10.6 Å². The summed E-state index contributed by atoms with van der Waals surface area (Å²) in [5.74, 6) is 0.929. The fourth-order valence-electron chi connectivity index (χ4n) is 5.20. The topological polar surface area (TPSA) is 67.2 Å². The van der Waals surface area contributed by atoms with Crippen LogP contribution in [0.15, 0.2) is 112 Å². The predicted octanol–water partition coefficient (Wildman–Crippen LogP) is 8.50. The Morgan fingerprint density at radius 1 is 0.905 bits per heavy atom. The third kappa shape index (κ3) is 6.47. The maximum atomic E-state index is 14.1.